The molecule has 1 aliphatic heterocycles. The molecule has 0 spiro atoms. The number of amides is 1. The summed E-state index contributed by atoms with van der Waals surface area (Å²) in [4.78, 5) is 25.6. The predicted molar refractivity (Wildman–Crippen MR) is 118 cm³/mol. The molecule has 4 nitrogen and oxygen atoms in total. The normalized spacial score (nSPS) is 15.8. The average molecular weight is 408 g/mol. The lowest BCUT2D eigenvalue weighted by atomic mass is 9.95. The number of fused-ring (bicyclic) bond motifs is 3. The van der Waals surface area contributed by atoms with Crippen molar-refractivity contribution in [3.05, 3.63) is 52.9 Å². The van der Waals surface area contributed by atoms with Crippen LogP contribution in [0.25, 0.3) is 21.2 Å². The summed E-state index contributed by atoms with van der Waals surface area (Å²) in [6.07, 6.45) is 0.737. The second kappa shape index (κ2) is 7.30. The van der Waals surface area contributed by atoms with Crippen LogP contribution in [0.4, 0.5) is 0 Å². The zero-order valence-corrected chi connectivity index (χ0v) is 18.0. The third-order valence-electron chi connectivity index (χ3n) is 5.22. The Morgan fingerprint density at radius 3 is 2.62 bits per heavy atom. The number of thiophene rings is 1. The molecule has 0 saturated heterocycles. The Labute approximate surface area is 174 Å². The molecule has 150 valence electrons. The van der Waals surface area contributed by atoms with Gasteiger partial charge in [0.25, 0.3) is 0 Å². The molecule has 1 aromatic heterocycles. The molecule has 5 heteroatoms. The maximum Gasteiger partial charge on any atom is 0.225 e. The molecule has 0 bridgehead atoms. The fraction of sp³-hybridized carbons (Fsp3) is 0.333. The lowest BCUT2D eigenvalue weighted by Crippen LogP contribution is -2.40. The topological polar surface area (TPSA) is 55.4 Å². The fourth-order valence-electron chi connectivity index (χ4n) is 3.57. The van der Waals surface area contributed by atoms with E-state index < -0.39 is 5.41 Å². The standard InChI is InChI=1S/C24H25NO3S/c1-14(26)21-9-10-22(29-21)16-5-7-18-15(11-16)6-8-20-19(18)12-17(28-20)13-25-23(27)24(2,3)4/h5-11,17H,12-13H2,1-4H3,(H,25,27). The fourth-order valence-corrected chi connectivity index (χ4v) is 4.46. The van der Waals surface area contributed by atoms with Crippen LogP contribution in [0.5, 0.6) is 5.75 Å². The number of benzene rings is 2. The minimum Gasteiger partial charge on any atom is -0.488 e. The summed E-state index contributed by atoms with van der Waals surface area (Å²) in [7, 11) is 0. The Bertz CT molecular complexity index is 1110. The van der Waals surface area contributed by atoms with E-state index in [1.807, 2.05) is 39.0 Å². The largest absolute Gasteiger partial charge is 0.488 e. The Kier molecular flexibility index (Phi) is 4.95. The van der Waals surface area contributed by atoms with Gasteiger partial charge in [0.15, 0.2) is 5.78 Å². The summed E-state index contributed by atoms with van der Waals surface area (Å²) in [6, 6.07) is 14.4. The lowest BCUT2D eigenvalue weighted by Gasteiger charge is -2.19. The molecule has 0 radical (unpaired) electrons. The van der Waals surface area contributed by atoms with E-state index in [0.717, 1.165) is 32.9 Å². The van der Waals surface area contributed by atoms with Crippen molar-refractivity contribution in [3.8, 4) is 16.2 Å². The predicted octanol–water partition coefficient (Wildman–Crippen LogP) is 5.24. The van der Waals surface area contributed by atoms with Crippen LogP contribution in [0, 0.1) is 5.41 Å². The number of hydrogen-bond acceptors (Lipinski definition) is 4. The monoisotopic (exact) mass is 407 g/mol. The van der Waals surface area contributed by atoms with Crippen molar-refractivity contribution < 1.29 is 14.3 Å². The van der Waals surface area contributed by atoms with Crippen molar-refractivity contribution in [3.63, 3.8) is 0 Å². The average Bonchev–Trinajstić information content (AvgIpc) is 3.31. The number of carbonyl (C=O) groups excluding carboxylic acids is 2. The van der Waals surface area contributed by atoms with Gasteiger partial charge in [-0.2, -0.15) is 0 Å². The maximum atomic E-state index is 12.1. The zero-order valence-electron chi connectivity index (χ0n) is 17.2. The molecule has 0 aliphatic carbocycles. The molecular formula is C24H25NO3S. The van der Waals surface area contributed by atoms with E-state index >= 15 is 0 Å². The number of ketones is 1. The molecule has 0 saturated carbocycles. The van der Waals surface area contributed by atoms with Crippen molar-refractivity contribution in [2.75, 3.05) is 6.54 Å². The Hall–Kier alpha value is -2.66. The van der Waals surface area contributed by atoms with Gasteiger partial charge in [-0.15, -0.1) is 11.3 Å². The summed E-state index contributed by atoms with van der Waals surface area (Å²) in [5.41, 5.74) is 1.90. The Morgan fingerprint density at radius 2 is 1.93 bits per heavy atom. The van der Waals surface area contributed by atoms with Crippen LogP contribution in [-0.2, 0) is 11.2 Å². The Morgan fingerprint density at radius 1 is 1.14 bits per heavy atom. The van der Waals surface area contributed by atoms with E-state index in [0.29, 0.717) is 6.54 Å². The first-order valence-electron chi connectivity index (χ1n) is 9.84. The first-order valence-corrected chi connectivity index (χ1v) is 10.7. The van der Waals surface area contributed by atoms with Gasteiger partial charge in [0.2, 0.25) is 5.91 Å². The minimum absolute atomic E-state index is 0.0347. The first-order chi connectivity index (χ1) is 13.7. The molecule has 29 heavy (non-hydrogen) atoms. The van der Waals surface area contributed by atoms with Gasteiger partial charge in [0.1, 0.15) is 11.9 Å². The van der Waals surface area contributed by atoms with Crippen molar-refractivity contribution in [2.45, 2.75) is 40.2 Å². The van der Waals surface area contributed by atoms with Crippen molar-refractivity contribution in [1.82, 2.24) is 5.32 Å². The second-order valence-electron chi connectivity index (χ2n) is 8.60. The number of rotatable bonds is 4. The van der Waals surface area contributed by atoms with Gasteiger partial charge in [-0.1, -0.05) is 39.0 Å². The van der Waals surface area contributed by atoms with E-state index in [1.165, 1.54) is 22.3 Å². The van der Waals surface area contributed by atoms with Gasteiger partial charge >= 0.3 is 0 Å². The molecule has 1 N–H and O–H groups in total. The number of nitrogens with one attached hydrogen (secondary N) is 1. The molecule has 1 amide bonds. The first kappa shape index (κ1) is 19.6. The van der Waals surface area contributed by atoms with E-state index in [1.54, 1.807) is 6.92 Å². The summed E-state index contributed by atoms with van der Waals surface area (Å²) < 4.78 is 6.07. The molecule has 1 aliphatic rings. The second-order valence-corrected chi connectivity index (χ2v) is 9.69. The number of Topliss-reactive ketones (excluding diaryl/α,β-unsaturated/α-hetero) is 1. The van der Waals surface area contributed by atoms with E-state index in [-0.39, 0.29) is 17.8 Å². The molecule has 2 aromatic carbocycles. The van der Waals surface area contributed by atoms with Crippen LogP contribution in [-0.4, -0.2) is 24.3 Å². The molecule has 4 rings (SSSR count). The SMILES string of the molecule is CC(=O)c1ccc(-c2ccc3c4c(ccc3c2)OC(CNC(=O)C(C)(C)C)C4)s1. The number of ether oxygens (including phenoxy) is 1. The van der Waals surface area contributed by atoms with Crippen LogP contribution >= 0.6 is 11.3 Å². The minimum atomic E-state index is -0.404. The quantitative estimate of drug-likeness (QED) is 0.602. The highest BCUT2D eigenvalue weighted by atomic mass is 32.1. The maximum absolute atomic E-state index is 12.1. The molecule has 1 atom stereocenters. The van der Waals surface area contributed by atoms with Gasteiger partial charge in [-0.05, 0) is 47.5 Å². The van der Waals surface area contributed by atoms with E-state index in [4.69, 9.17) is 4.74 Å². The highest BCUT2D eigenvalue weighted by Gasteiger charge is 2.27. The van der Waals surface area contributed by atoms with Gasteiger partial charge in [0.05, 0.1) is 11.4 Å². The summed E-state index contributed by atoms with van der Waals surface area (Å²) >= 11 is 1.53. The lowest BCUT2D eigenvalue weighted by molar-refractivity contribution is -0.128. The van der Waals surface area contributed by atoms with E-state index in [2.05, 4.69) is 29.6 Å². The Balaban J connectivity index is 1.55. The van der Waals surface area contributed by atoms with Crippen molar-refractivity contribution in [2.24, 2.45) is 5.41 Å². The number of hydrogen-bond donors (Lipinski definition) is 1. The van der Waals surface area contributed by atoms with Crippen molar-refractivity contribution >= 4 is 33.8 Å². The van der Waals surface area contributed by atoms with Crippen molar-refractivity contribution in [1.29, 1.82) is 0 Å². The van der Waals surface area contributed by atoms with Crippen LogP contribution in [0.1, 0.15) is 42.9 Å². The molecule has 2 heterocycles. The summed E-state index contributed by atoms with van der Waals surface area (Å²) in [5, 5.41) is 5.33. The van der Waals surface area contributed by atoms with Crippen LogP contribution < -0.4 is 10.1 Å². The molecule has 0 fully saturated rings. The number of carbonyl (C=O) groups is 2. The van der Waals surface area contributed by atoms with Crippen LogP contribution in [0.15, 0.2) is 42.5 Å². The zero-order chi connectivity index (χ0) is 20.8. The molecule has 3 aromatic rings. The molecule has 1 unspecified atom stereocenters. The van der Waals surface area contributed by atoms with Crippen LogP contribution in [0.2, 0.25) is 0 Å². The summed E-state index contributed by atoms with van der Waals surface area (Å²) in [6.45, 7) is 7.83. The van der Waals surface area contributed by atoms with Gasteiger partial charge in [-0.3, -0.25) is 9.59 Å². The molecular weight excluding hydrogens is 382 g/mol. The van der Waals surface area contributed by atoms with Gasteiger partial charge in [-0.25, -0.2) is 0 Å². The smallest absolute Gasteiger partial charge is 0.225 e. The van der Waals surface area contributed by atoms with Gasteiger partial charge in [0, 0.05) is 22.3 Å². The summed E-state index contributed by atoms with van der Waals surface area (Å²) in [5.74, 6) is 1.03. The van der Waals surface area contributed by atoms with Gasteiger partial charge < -0.3 is 10.1 Å². The highest BCUT2D eigenvalue weighted by Crippen LogP contribution is 2.37. The van der Waals surface area contributed by atoms with Crippen LogP contribution in [0.3, 0.4) is 0 Å². The van der Waals surface area contributed by atoms with E-state index in [9.17, 15) is 9.59 Å². The highest BCUT2D eigenvalue weighted by molar-refractivity contribution is 7.17. The third kappa shape index (κ3) is 3.92. The third-order valence-corrected chi connectivity index (χ3v) is 6.46.